The summed E-state index contributed by atoms with van der Waals surface area (Å²) in [6.07, 6.45) is 5.55. The molecule has 0 aromatic heterocycles. The van der Waals surface area contributed by atoms with Gasteiger partial charge in [0.25, 0.3) is 0 Å². The lowest BCUT2D eigenvalue weighted by Gasteiger charge is -2.29. The van der Waals surface area contributed by atoms with Gasteiger partial charge < -0.3 is 14.6 Å². The number of aliphatic carboxylic acids is 1. The van der Waals surface area contributed by atoms with Crippen molar-refractivity contribution in [1.29, 1.82) is 0 Å². The lowest BCUT2D eigenvalue weighted by molar-refractivity contribution is -0.152. The Bertz CT molecular complexity index is 240. The number of carboxylic acids is 1. The third-order valence-electron chi connectivity index (χ3n) is 3.50. The summed E-state index contributed by atoms with van der Waals surface area (Å²) in [6, 6.07) is 0. The minimum Gasteiger partial charge on any atom is -0.479 e. The van der Waals surface area contributed by atoms with Crippen LogP contribution in [0.2, 0.25) is 0 Å². The van der Waals surface area contributed by atoms with E-state index in [1.807, 2.05) is 13.8 Å². The molecule has 1 rings (SSSR count). The second kappa shape index (κ2) is 8.48. The van der Waals surface area contributed by atoms with Crippen LogP contribution < -0.4 is 0 Å². The maximum atomic E-state index is 11.0. The lowest BCUT2D eigenvalue weighted by Crippen LogP contribution is -2.30. The summed E-state index contributed by atoms with van der Waals surface area (Å²) >= 11 is 0. The van der Waals surface area contributed by atoms with Gasteiger partial charge in [0.05, 0.1) is 12.7 Å². The molecular weight excluding hydrogens is 232 g/mol. The van der Waals surface area contributed by atoms with Gasteiger partial charge in [-0.2, -0.15) is 0 Å². The number of carboxylic acid groups (broad SMARTS) is 1. The molecule has 0 saturated heterocycles. The van der Waals surface area contributed by atoms with E-state index in [0.717, 1.165) is 38.7 Å². The predicted molar refractivity (Wildman–Crippen MR) is 69.7 cm³/mol. The summed E-state index contributed by atoms with van der Waals surface area (Å²) in [4.78, 5) is 11.0. The van der Waals surface area contributed by atoms with Crippen molar-refractivity contribution < 1.29 is 19.4 Å². The Morgan fingerprint density at radius 1 is 1.39 bits per heavy atom. The highest BCUT2D eigenvalue weighted by molar-refractivity contribution is 5.72. The van der Waals surface area contributed by atoms with Crippen molar-refractivity contribution in [2.24, 2.45) is 5.92 Å². The van der Waals surface area contributed by atoms with Crippen molar-refractivity contribution in [1.82, 2.24) is 0 Å². The number of hydrogen-bond donors (Lipinski definition) is 1. The average molecular weight is 258 g/mol. The van der Waals surface area contributed by atoms with Crippen LogP contribution in [0.4, 0.5) is 0 Å². The van der Waals surface area contributed by atoms with Gasteiger partial charge in [-0.25, -0.2) is 4.79 Å². The first-order valence-corrected chi connectivity index (χ1v) is 7.13. The summed E-state index contributed by atoms with van der Waals surface area (Å²) < 4.78 is 11.2. The van der Waals surface area contributed by atoms with Gasteiger partial charge in [0.2, 0.25) is 0 Å². The topological polar surface area (TPSA) is 55.8 Å². The Morgan fingerprint density at radius 2 is 2.17 bits per heavy atom. The highest BCUT2D eigenvalue weighted by atomic mass is 16.5. The van der Waals surface area contributed by atoms with Gasteiger partial charge >= 0.3 is 5.97 Å². The second-order valence-corrected chi connectivity index (χ2v) is 5.06. The Labute approximate surface area is 110 Å². The van der Waals surface area contributed by atoms with Crippen molar-refractivity contribution in [2.75, 3.05) is 13.2 Å². The first-order valence-electron chi connectivity index (χ1n) is 7.13. The van der Waals surface area contributed by atoms with Gasteiger partial charge in [-0.05, 0) is 38.5 Å². The molecule has 4 heteroatoms. The Balaban J connectivity index is 2.30. The highest BCUT2D eigenvalue weighted by Crippen LogP contribution is 2.27. The molecule has 1 aliphatic carbocycles. The molecule has 3 atom stereocenters. The van der Waals surface area contributed by atoms with Gasteiger partial charge in [0.1, 0.15) is 0 Å². The SMILES string of the molecule is CCCC(OCC1CCCC(OCC)C1)C(=O)O. The monoisotopic (exact) mass is 258 g/mol. The molecule has 1 saturated carbocycles. The van der Waals surface area contributed by atoms with Gasteiger partial charge in [-0.3, -0.25) is 0 Å². The number of hydrogen-bond acceptors (Lipinski definition) is 3. The van der Waals surface area contributed by atoms with Gasteiger partial charge in [0, 0.05) is 6.61 Å². The summed E-state index contributed by atoms with van der Waals surface area (Å²) in [5.74, 6) is -0.386. The van der Waals surface area contributed by atoms with Crippen LogP contribution in [0.3, 0.4) is 0 Å². The molecule has 1 fully saturated rings. The van der Waals surface area contributed by atoms with Crippen LogP contribution in [-0.2, 0) is 14.3 Å². The van der Waals surface area contributed by atoms with Crippen LogP contribution >= 0.6 is 0 Å². The average Bonchev–Trinajstić information content (AvgIpc) is 2.35. The molecule has 0 aliphatic heterocycles. The minimum atomic E-state index is -0.839. The van der Waals surface area contributed by atoms with E-state index in [4.69, 9.17) is 14.6 Å². The maximum Gasteiger partial charge on any atom is 0.332 e. The number of carbonyl (C=O) groups is 1. The highest BCUT2D eigenvalue weighted by Gasteiger charge is 2.25. The fraction of sp³-hybridized carbons (Fsp3) is 0.929. The van der Waals surface area contributed by atoms with Crippen LogP contribution in [-0.4, -0.2) is 36.5 Å². The third-order valence-corrected chi connectivity index (χ3v) is 3.50. The van der Waals surface area contributed by atoms with E-state index in [-0.39, 0.29) is 0 Å². The predicted octanol–water partition coefficient (Wildman–Crippen LogP) is 2.85. The van der Waals surface area contributed by atoms with E-state index in [0.29, 0.717) is 25.0 Å². The zero-order valence-electron chi connectivity index (χ0n) is 11.6. The van der Waals surface area contributed by atoms with E-state index in [9.17, 15) is 4.79 Å². The third kappa shape index (κ3) is 5.36. The van der Waals surface area contributed by atoms with E-state index < -0.39 is 12.1 Å². The summed E-state index contributed by atoms with van der Waals surface area (Å²) in [7, 11) is 0. The molecule has 1 aliphatic rings. The molecule has 0 aromatic carbocycles. The Hall–Kier alpha value is -0.610. The summed E-state index contributed by atoms with van der Waals surface area (Å²) in [5.41, 5.74) is 0. The van der Waals surface area contributed by atoms with Crippen LogP contribution in [0.25, 0.3) is 0 Å². The second-order valence-electron chi connectivity index (χ2n) is 5.06. The number of ether oxygens (including phenoxy) is 2. The molecule has 4 nitrogen and oxygen atoms in total. The van der Waals surface area contributed by atoms with Crippen LogP contribution in [0, 0.1) is 5.92 Å². The molecule has 106 valence electrons. The fourth-order valence-electron chi connectivity index (χ4n) is 2.57. The Kier molecular flexibility index (Phi) is 7.28. The van der Waals surface area contributed by atoms with Crippen molar-refractivity contribution in [3.8, 4) is 0 Å². The zero-order chi connectivity index (χ0) is 13.4. The maximum absolute atomic E-state index is 11.0. The van der Waals surface area contributed by atoms with Crippen molar-refractivity contribution in [3.63, 3.8) is 0 Å². The molecule has 0 amide bonds. The van der Waals surface area contributed by atoms with E-state index in [2.05, 4.69) is 0 Å². The fourth-order valence-corrected chi connectivity index (χ4v) is 2.57. The lowest BCUT2D eigenvalue weighted by atomic mass is 9.87. The first kappa shape index (κ1) is 15.4. The van der Waals surface area contributed by atoms with Crippen LogP contribution in [0.5, 0.6) is 0 Å². The number of rotatable bonds is 8. The quantitative estimate of drug-likeness (QED) is 0.727. The minimum absolute atomic E-state index is 0.340. The van der Waals surface area contributed by atoms with Crippen LogP contribution in [0.15, 0.2) is 0 Å². The van der Waals surface area contributed by atoms with Gasteiger partial charge in [-0.1, -0.05) is 19.8 Å². The molecule has 3 unspecified atom stereocenters. The summed E-state index contributed by atoms with van der Waals surface area (Å²) in [5, 5.41) is 9.02. The molecule has 0 spiro atoms. The molecule has 1 N–H and O–H groups in total. The van der Waals surface area contributed by atoms with Crippen molar-refractivity contribution in [3.05, 3.63) is 0 Å². The molecule has 18 heavy (non-hydrogen) atoms. The first-order chi connectivity index (χ1) is 8.67. The molecule has 0 heterocycles. The van der Waals surface area contributed by atoms with Crippen molar-refractivity contribution in [2.45, 2.75) is 64.6 Å². The van der Waals surface area contributed by atoms with E-state index >= 15 is 0 Å². The van der Waals surface area contributed by atoms with E-state index in [1.165, 1.54) is 0 Å². The Morgan fingerprint density at radius 3 is 2.78 bits per heavy atom. The standard InChI is InChI=1S/C14H26O4/c1-3-6-13(14(15)16)18-10-11-7-5-8-12(9-11)17-4-2/h11-13H,3-10H2,1-2H3,(H,15,16). The van der Waals surface area contributed by atoms with Crippen LogP contribution in [0.1, 0.15) is 52.4 Å². The summed E-state index contributed by atoms with van der Waals surface area (Å²) in [6.45, 7) is 5.30. The van der Waals surface area contributed by atoms with Gasteiger partial charge in [0.15, 0.2) is 6.10 Å². The zero-order valence-corrected chi connectivity index (χ0v) is 11.6. The normalized spacial score (nSPS) is 25.9. The van der Waals surface area contributed by atoms with E-state index in [1.54, 1.807) is 0 Å². The van der Waals surface area contributed by atoms with Crippen molar-refractivity contribution >= 4 is 5.97 Å². The largest absolute Gasteiger partial charge is 0.479 e. The molecule has 0 bridgehead atoms. The molecule has 0 radical (unpaired) electrons. The molecule has 0 aromatic rings. The smallest absolute Gasteiger partial charge is 0.332 e. The van der Waals surface area contributed by atoms with Gasteiger partial charge in [-0.15, -0.1) is 0 Å². The molecular formula is C14H26O4.